The largest absolute Gasteiger partial charge is 0.481 e. The molecule has 0 fully saturated rings. The molecule has 0 atom stereocenters. The molecule has 124 valence electrons. The lowest BCUT2D eigenvalue weighted by molar-refractivity contribution is -0.136. The third kappa shape index (κ3) is 5.62. The zero-order valence-electron chi connectivity index (χ0n) is 12.2. The maximum Gasteiger partial charge on any atom is 0.308 e. The summed E-state index contributed by atoms with van der Waals surface area (Å²) in [6.07, 6.45) is 1.36. The molecule has 5 nitrogen and oxygen atoms in total. The van der Waals surface area contributed by atoms with Crippen LogP contribution in [0.2, 0.25) is 5.02 Å². The number of hydrogen-bond donors (Lipinski definition) is 2. The molecular formula is C15H16ClNO4S2. The highest BCUT2D eigenvalue weighted by Crippen LogP contribution is 2.19. The molecule has 0 saturated heterocycles. The van der Waals surface area contributed by atoms with E-state index in [1.807, 2.05) is 6.07 Å². The summed E-state index contributed by atoms with van der Waals surface area (Å²) >= 11 is 7.18. The molecule has 2 aromatic rings. The molecule has 8 heteroatoms. The Morgan fingerprint density at radius 2 is 1.78 bits per heavy atom. The van der Waals surface area contributed by atoms with Crippen LogP contribution in [0.25, 0.3) is 0 Å². The maximum atomic E-state index is 12.1. The first-order chi connectivity index (χ1) is 10.9. The van der Waals surface area contributed by atoms with Gasteiger partial charge < -0.3 is 5.11 Å². The van der Waals surface area contributed by atoms with E-state index in [1.165, 1.54) is 35.6 Å². The number of sulfonamides is 1. The van der Waals surface area contributed by atoms with Crippen LogP contribution in [0.4, 0.5) is 0 Å². The molecule has 0 aliphatic rings. The van der Waals surface area contributed by atoms with Crippen molar-refractivity contribution >= 4 is 38.9 Å². The molecule has 0 spiro atoms. The summed E-state index contributed by atoms with van der Waals surface area (Å²) in [6.45, 7) is 0.317. The molecule has 0 saturated carbocycles. The summed E-state index contributed by atoms with van der Waals surface area (Å²) in [6, 6.07) is 9.67. The molecule has 2 N–H and O–H groups in total. The second-order valence-corrected chi connectivity index (χ2v) is 8.35. The summed E-state index contributed by atoms with van der Waals surface area (Å²) < 4.78 is 26.7. The minimum Gasteiger partial charge on any atom is -0.481 e. The van der Waals surface area contributed by atoms with Gasteiger partial charge in [-0.15, -0.1) is 11.3 Å². The first kappa shape index (κ1) is 17.9. The molecule has 1 aromatic carbocycles. The molecule has 1 heterocycles. The average Bonchev–Trinajstić information content (AvgIpc) is 2.91. The number of halogens is 1. The topological polar surface area (TPSA) is 83.5 Å². The SMILES string of the molecule is O=C(O)Cc1ccc(CCCNS(=O)(=O)c2ccc(Cl)cc2)s1. The summed E-state index contributed by atoms with van der Waals surface area (Å²) in [5.41, 5.74) is 0. The summed E-state index contributed by atoms with van der Waals surface area (Å²) in [5.74, 6) is -0.853. The van der Waals surface area contributed by atoms with Gasteiger partial charge in [0.2, 0.25) is 10.0 Å². The molecule has 0 aliphatic carbocycles. The van der Waals surface area contributed by atoms with Gasteiger partial charge in [0.1, 0.15) is 0 Å². The van der Waals surface area contributed by atoms with Gasteiger partial charge in [-0.3, -0.25) is 4.79 Å². The Labute approximate surface area is 144 Å². The Kier molecular flexibility index (Phi) is 6.17. The highest BCUT2D eigenvalue weighted by Gasteiger charge is 2.13. The van der Waals surface area contributed by atoms with Gasteiger partial charge in [-0.25, -0.2) is 13.1 Å². The van der Waals surface area contributed by atoms with E-state index in [2.05, 4.69) is 4.72 Å². The third-order valence-electron chi connectivity index (χ3n) is 3.06. The van der Waals surface area contributed by atoms with Gasteiger partial charge >= 0.3 is 5.97 Å². The first-order valence-corrected chi connectivity index (χ1v) is 9.59. The van der Waals surface area contributed by atoms with Gasteiger partial charge in [-0.05, 0) is 49.2 Å². The van der Waals surface area contributed by atoms with Gasteiger partial charge in [0.25, 0.3) is 0 Å². The number of carboxylic acid groups (broad SMARTS) is 1. The lowest BCUT2D eigenvalue weighted by Gasteiger charge is -2.06. The van der Waals surface area contributed by atoms with E-state index in [-0.39, 0.29) is 11.3 Å². The lowest BCUT2D eigenvalue weighted by atomic mass is 10.2. The van der Waals surface area contributed by atoms with Gasteiger partial charge in [-0.2, -0.15) is 0 Å². The second-order valence-electron chi connectivity index (χ2n) is 4.89. The van der Waals surface area contributed by atoms with Gasteiger partial charge in [0.15, 0.2) is 0 Å². The average molecular weight is 374 g/mol. The molecule has 0 aliphatic heterocycles. The highest BCUT2D eigenvalue weighted by atomic mass is 35.5. The van der Waals surface area contributed by atoms with Gasteiger partial charge in [0, 0.05) is 21.3 Å². The Morgan fingerprint density at radius 3 is 2.43 bits per heavy atom. The van der Waals surface area contributed by atoms with E-state index in [1.54, 1.807) is 6.07 Å². The van der Waals surface area contributed by atoms with Crippen molar-refractivity contribution in [3.05, 3.63) is 51.2 Å². The number of carboxylic acids is 1. The van der Waals surface area contributed by atoms with Crippen LogP contribution in [0, 0.1) is 0 Å². The quantitative estimate of drug-likeness (QED) is 0.697. The second kappa shape index (κ2) is 7.92. The molecule has 1 aromatic heterocycles. The number of benzene rings is 1. The van der Waals surface area contributed by atoms with E-state index in [0.29, 0.717) is 24.4 Å². The normalized spacial score (nSPS) is 11.5. The predicted octanol–water partition coefficient (Wildman–Crippen LogP) is 2.94. The van der Waals surface area contributed by atoms with Crippen molar-refractivity contribution in [2.24, 2.45) is 0 Å². The van der Waals surface area contributed by atoms with E-state index in [0.717, 1.165) is 9.75 Å². The molecule has 0 bridgehead atoms. The van der Waals surface area contributed by atoms with Crippen molar-refractivity contribution in [3.8, 4) is 0 Å². The molecule has 23 heavy (non-hydrogen) atoms. The van der Waals surface area contributed by atoms with E-state index < -0.39 is 16.0 Å². The van der Waals surface area contributed by atoms with E-state index in [9.17, 15) is 13.2 Å². The van der Waals surface area contributed by atoms with Crippen molar-refractivity contribution in [2.45, 2.75) is 24.2 Å². The maximum absolute atomic E-state index is 12.1. The van der Waals surface area contributed by atoms with Crippen LogP contribution in [0.5, 0.6) is 0 Å². The van der Waals surface area contributed by atoms with Crippen molar-refractivity contribution in [1.29, 1.82) is 0 Å². The zero-order chi connectivity index (χ0) is 16.9. The van der Waals surface area contributed by atoms with Gasteiger partial charge in [0.05, 0.1) is 11.3 Å². The summed E-state index contributed by atoms with van der Waals surface area (Å²) in [4.78, 5) is 12.7. The standard InChI is InChI=1S/C15H16ClNO4S2/c16-11-3-7-14(8-4-11)23(20,21)17-9-1-2-12-5-6-13(22-12)10-15(18)19/h3-8,17H,1-2,9-10H2,(H,18,19). The molecule has 2 rings (SSSR count). The molecule has 0 unspecified atom stereocenters. The van der Waals surface area contributed by atoms with Crippen LogP contribution in [0.3, 0.4) is 0 Å². The van der Waals surface area contributed by atoms with Crippen molar-refractivity contribution in [2.75, 3.05) is 6.54 Å². The van der Waals surface area contributed by atoms with Crippen LogP contribution in [0.1, 0.15) is 16.2 Å². The third-order valence-corrected chi connectivity index (χ3v) is 5.93. The first-order valence-electron chi connectivity index (χ1n) is 6.91. The fourth-order valence-corrected chi connectivity index (χ4v) is 4.22. The number of hydrogen-bond acceptors (Lipinski definition) is 4. The Bertz CT molecular complexity index is 769. The minimum absolute atomic E-state index is 0.0217. The van der Waals surface area contributed by atoms with Crippen molar-refractivity contribution < 1.29 is 18.3 Å². The van der Waals surface area contributed by atoms with Crippen LogP contribution in [-0.4, -0.2) is 26.0 Å². The Balaban J connectivity index is 1.81. The molecule has 0 amide bonds. The highest BCUT2D eigenvalue weighted by molar-refractivity contribution is 7.89. The Morgan fingerprint density at radius 1 is 1.13 bits per heavy atom. The number of nitrogens with one attached hydrogen (secondary N) is 1. The molecular weight excluding hydrogens is 358 g/mol. The lowest BCUT2D eigenvalue weighted by Crippen LogP contribution is -2.25. The minimum atomic E-state index is -3.53. The monoisotopic (exact) mass is 373 g/mol. The Hall–Kier alpha value is -1.41. The zero-order valence-corrected chi connectivity index (χ0v) is 14.5. The van der Waals surface area contributed by atoms with Gasteiger partial charge in [-0.1, -0.05) is 11.6 Å². The smallest absolute Gasteiger partial charge is 0.308 e. The number of carbonyl (C=O) groups is 1. The molecule has 0 radical (unpaired) electrons. The summed E-state index contributed by atoms with van der Waals surface area (Å²) in [5, 5.41) is 9.21. The van der Waals surface area contributed by atoms with Crippen LogP contribution < -0.4 is 4.72 Å². The fraction of sp³-hybridized carbons (Fsp3) is 0.267. The van der Waals surface area contributed by atoms with Crippen LogP contribution >= 0.6 is 22.9 Å². The van der Waals surface area contributed by atoms with Crippen LogP contribution in [-0.2, 0) is 27.7 Å². The number of rotatable bonds is 8. The van der Waals surface area contributed by atoms with Crippen LogP contribution in [0.15, 0.2) is 41.3 Å². The van der Waals surface area contributed by atoms with E-state index in [4.69, 9.17) is 16.7 Å². The van der Waals surface area contributed by atoms with Crippen molar-refractivity contribution in [1.82, 2.24) is 4.72 Å². The number of aryl methyl sites for hydroxylation is 1. The number of thiophene rings is 1. The van der Waals surface area contributed by atoms with Crippen molar-refractivity contribution in [3.63, 3.8) is 0 Å². The van der Waals surface area contributed by atoms with E-state index >= 15 is 0 Å². The number of aliphatic carboxylic acids is 1. The fourth-order valence-electron chi connectivity index (χ4n) is 1.97. The summed E-state index contributed by atoms with van der Waals surface area (Å²) in [7, 11) is -3.53. The predicted molar refractivity (Wildman–Crippen MR) is 90.6 cm³/mol.